The Kier molecular flexibility index (Phi) is 7.37. The monoisotopic (exact) mass is 497 g/mol. The van der Waals surface area contributed by atoms with Crippen molar-refractivity contribution in [3.05, 3.63) is 70.7 Å². The van der Waals surface area contributed by atoms with E-state index in [1.54, 1.807) is 37.3 Å². The topological polar surface area (TPSA) is 85.6 Å². The fourth-order valence-corrected chi connectivity index (χ4v) is 3.99. The number of carbonyl (C=O) groups excluding carboxylic acids is 2. The largest absolute Gasteiger partial charge is 0.462 e. The first kappa shape index (κ1) is 23.6. The Bertz CT molecular complexity index is 1060. The SMILES string of the molecule is CCOC(=O)/C(Br)=C\[C@@H]1[C@@H](C(=O)O[C@H](C#N)c2cccc(Oc3ccccc3)c2)C1(C)C. The Morgan fingerprint density at radius 2 is 1.84 bits per heavy atom. The minimum absolute atomic E-state index is 0.208. The fourth-order valence-electron chi connectivity index (χ4n) is 3.59. The lowest BCUT2D eigenvalue weighted by Gasteiger charge is -2.13. The van der Waals surface area contributed by atoms with Crippen molar-refractivity contribution in [3.63, 3.8) is 0 Å². The van der Waals surface area contributed by atoms with Crippen molar-refractivity contribution in [2.75, 3.05) is 6.61 Å². The summed E-state index contributed by atoms with van der Waals surface area (Å²) < 4.78 is 16.6. The zero-order valence-corrected chi connectivity index (χ0v) is 19.7. The number of rotatable bonds is 8. The number of benzene rings is 2. The molecule has 7 heteroatoms. The molecule has 1 aliphatic rings. The molecule has 2 aromatic carbocycles. The molecule has 166 valence electrons. The second-order valence-corrected chi connectivity index (χ2v) is 8.85. The summed E-state index contributed by atoms with van der Waals surface area (Å²) >= 11 is 3.22. The lowest BCUT2D eigenvalue weighted by molar-refractivity contribution is -0.149. The van der Waals surface area contributed by atoms with E-state index in [1.807, 2.05) is 50.2 Å². The first-order valence-corrected chi connectivity index (χ1v) is 11.0. The van der Waals surface area contributed by atoms with Crippen LogP contribution < -0.4 is 4.74 Å². The zero-order chi connectivity index (χ0) is 23.3. The summed E-state index contributed by atoms with van der Waals surface area (Å²) in [5.74, 6) is -0.439. The van der Waals surface area contributed by atoms with Gasteiger partial charge in [-0.25, -0.2) is 4.79 Å². The molecular formula is C25H24BrNO5. The van der Waals surface area contributed by atoms with E-state index in [0.717, 1.165) is 0 Å². The Hall–Kier alpha value is -3.11. The van der Waals surface area contributed by atoms with Gasteiger partial charge < -0.3 is 14.2 Å². The van der Waals surface area contributed by atoms with Crippen LogP contribution in [0.5, 0.6) is 11.5 Å². The maximum absolute atomic E-state index is 12.9. The van der Waals surface area contributed by atoms with Gasteiger partial charge in [0.15, 0.2) is 0 Å². The Morgan fingerprint density at radius 3 is 2.50 bits per heavy atom. The minimum atomic E-state index is -1.07. The third-order valence-electron chi connectivity index (χ3n) is 5.45. The lowest BCUT2D eigenvalue weighted by atomic mass is 10.1. The molecule has 1 fully saturated rings. The van der Waals surface area contributed by atoms with Crippen LogP contribution in [0, 0.1) is 28.6 Å². The summed E-state index contributed by atoms with van der Waals surface area (Å²) in [4.78, 5) is 24.7. The van der Waals surface area contributed by atoms with E-state index in [4.69, 9.17) is 14.2 Å². The average Bonchev–Trinajstić information content (AvgIpc) is 3.32. The van der Waals surface area contributed by atoms with Crippen LogP contribution in [0.4, 0.5) is 0 Å². The number of nitrogens with zero attached hydrogens (tertiary/aromatic N) is 1. The first-order valence-electron chi connectivity index (χ1n) is 10.2. The Balaban J connectivity index is 1.70. The van der Waals surface area contributed by atoms with E-state index in [1.165, 1.54) is 0 Å². The van der Waals surface area contributed by atoms with Gasteiger partial charge in [-0.2, -0.15) is 5.26 Å². The number of esters is 2. The van der Waals surface area contributed by atoms with Gasteiger partial charge in [-0.15, -0.1) is 0 Å². The van der Waals surface area contributed by atoms with Crippen LogP contribution in [0.1, 0.15) is 32.4 Å². The normalized spacial score (nSPS) is 19.9. The van der Waals surface area contributed by atoms with Crippen molar-refractivity contribution in [1.82, 2.24) is 0 Å². The van der Waals surface area contributed by atoms with E-state index in [9.17, 15) is 14.9 Å². The standard InChI is InChI=1S/C25H24BrNO5/c1-4-30-23(28)20(26)14-19-22(25(19,2)3)24(29)32-21(15-27)16-9-8-12-18(13-16)31-17-10-6-5-7-11-17/h5-14,19,21-22H,4H2,1-3H3/b20-14+/t19-,21-,22+/m1/s1. The van der Waals surface area contributed by atoms with Crippen molar-refractivity contribution in [2.45, 2.75) is 26.9 Å². The van der Waals surface area contributed by atoms with Crippen LogP contribution in [0.25, 0.3) is 0 Å². The predicted octanol–water partition coefficient (Wildman–Crippen LogP) is 5.70. The summed E-state index contributed by atoms with van der Waals surface area (Å²) in [6, 6.07) is 18.2. The average molecular weight is 498 g/mol. The molecule has 3 atom stereocenters. The third-order valence-corrected chi connectivity index (χ3v) is 6.04. The zero-order valence-electron chi connectivity index (χ0n) is 18.1. The summed E-state index contributed by atoms with van der Waals surface area (Å²) in [5.41, 5.74) is 0.119. The second-order valence-electron chi connectivity index (χ2n) is 7.99. The van der Waals surface area contributed by atoms with E-state index < -0.39 is 29.4 Å². The van der Waals surface area contributed by atoms with Crippen molar-refractivity contribution in [1.29, 1.82) is 5.26 Å². The quantitative estimate of drug-likeness (QED) is 0.343. The molecule has 1 aliphatic carbocycles. The summed E-state index contributed by atoms with van der Waals surface area (Å²) in [7, 11) is 0. The van der Waals surface area contributed by atoms with E-state index in [-0.39, 0.29) is 17.0 Å². The number of hydrogen-bond donors (Lipinski definition) is 0. The van der Waals surface area contributed by atoms with Crippen molar-refractivity contribution in [3.8, 4) is 17.6 Å². The molecule has 0 bridgehead atoms. The molecule has 0 radical (unpaired) electrons. The molecule has 6 nitrogen and oxygen atoms in total. The van der Waals surface area contributed by atoms with E-state index in [0.29, 0.717) is 17.1 Å². The number of allylic oxidation sites excluding steroid dienone is 1. The van der Waals surface area contributed by atoms with Crippen LogP contribution in [0.15, 0.2) is 65.2 Å². The number of carbonyl (C=O) groups is 2. The summed E-state index contributed by atoms with van der Waals surface area (Å²) in [6.07, 6.45) is 0.607. The molecule has 2 aromatic rings. The molecule has 0 N–H and O–H groups in total. The van der Waals surface area contributed by atoms with Gasteiger partial charge in [0.1, 0.15) is 17.6 Å². The maximum Gasteiger partial charge on any atom is 0.344 e. The number of ether oxygens (including phenoxy) is 3. The van der Waals surface area contributed by atoms with Gasteiger partial charge in [0.05, 0.1) is 17.0 Å². The Morgan fingerprint density at radius 1 is 1.16 bits per heavy atom. The second kappa shape index (κ2) is 10.0. The lowest BCUT2D eigenvalue weighted by Crippen LogP contribution is -2.14. The highest BCUT2D eigenvalue weighted by atomic mass is 79.9. The first-order chi connectivity index (χ1) is 15.3. The van der Waals surface area contributed by atoms with E-state index in [2.05, 4.69) is 15.9 Å². The third kappa shape index (κ3) is 5.38. The molecule has 0 saturated heterocycles. The highest BCUT2D eigenvalue weighted by Gasteiger charge is 2.62. The molecule has 0 unspecified atom stereocenters. The molecule has 0 aromatic heterocycles. The molecule has 0 amide bonds. The highest BCUT2D eigenvalue weighted by molar-refractivity contribution is 9.12. The molecule has 32 heavy (non-hydrogen) atoms. The van der Waals surface area contributed by atoms with Gasteiger partial charge in [-0.05, 0) is 58.5 Å². The number of hydrogen-bond acceptors (Lipinski definition) is 6. The predicted molar refractivity (Wildman–Crippen MR) is 122 cm³/mol. The van der Waals surface area contributed by atoms with Gasteiger partial charge in [-0.1, -0.05) is 50.3 Å². The maximum atomic E-state index is 12.9. The summed E-state index contributed by atoms with van der Waals surface area (Å²) in [6.45, 7) is 5.82. The van der Waals surface area contributed by atoms with Crippen LogP contribution in [-0.4, -0.2) is 18.5 Å². The van der Waals surface area contributed by atoms with Gasteiger partial charge in [0.2, 0.25) is 6.10 Å². The Labute approximate surface area is 195 Å². The van der Waals surface area contributed by atoms with Crippen LogP contribution >= 0.6 is 15.9 Å². The molecule has 0 spiro atoms. The smallest absolute Gasteiger partial charge is 0.344 e. The van der Waals surface area contributed by atoms with Crippen molar-refractivity contribution < 1.29 is 23.8 Å². The number of halogens is 1. The molecule has 0 heterocycles. The van der Waals surface area contributed by atoms with Crippen LogP contribution in [0.3, 0.4) is 0 Å². The number of para-hydroxylation sites is 1. The highest BCUT2D eigenvalue weighted by Crippen LogP contribution is 2.60. The minimum Gasteiger partial charge on any atom is -0.462 e. The summed E-state index contributed by atoms with van der Waals surface area (Å²) in [5, 5.41) is 9.64. The van der Waals surface area contributed by atoms with Gasteiger partial charge >= 0.3 is 11.9 Å². The van der Waals surface area contributed by atoms with Crippen LogP contribution in [0.2, 0.25) is 0 Å². The molecular weight excluding hydrogens is 474 g/mol. The van der Waals surface area contributed by atoms with Gasteiger partial charge in [0.25, 0.3) is 0 Å². The van der Waals surface area contributed by atoms with Crippen LogP contribution in [-0.2, 0) is 19.1 Å². The fraction of sp³-hybridized carbons (Fsp3) is 0.320. The molecule has 0 aliphatic heterocycles. The van der Waals surface area contributed by atoms with E-state index >= 15 is 0 Å². The van der Waals surface area contributed by atoms with Crippen molar-refractivity contribution in [2.24, 2.45) is 17.3 Å². The van der Waals surface area contributed by atoms with Gasteiger partial charge in [0, 0.05) is 5.56 Å². The molecule has 1 saturated carbocycles. The van der Waals surface area contributed by atoms with Crippen molar-refractivity contribution >= 4 is 27.9 Å². The molecule has 3 rings (SSSR count). The van der Waals surface area contributed by atoms with Gasteiger partial charge in [-0.3, -0.25) is 4.79 Å². The number of nitriles is 1.